The van der Waals surface area contributed by atoms with Gasteiger partial charge in [0.15, 0.2) is 5.82 Å². The number of para-hydroxylation sites is 1. The Kier molecular flexibility index (Phi) is 5.49. The smallest absolute Gasteiger partial charge is 0.240 e. The third-order valence-electron chi connectivity index (χ3n) is 3.87. The van der Waals surface area contributed by atoms with Gasteiger partial charge in [0.1, 0.15) is 0 Å². The number of carbonyl (C=O) groups is 1. The van der Waals surface area contributed by atoms with E-state index in [0.29, 0.717) is 16.0 Å². The zero-order valence-electron chi connectivity index (χ0n) is 14.3. The molecule has 3 rings (SSSR count). The molecule has 1 unspecified atom stereocenters. The summed E-state index contributed by atoms with van der Waals surface area (Å²) in [7, 11) is 1.75. The minimum atomic E-state index is -0.371. The van der Waals surface area contributed by atoms with Crippen LogP contribution in [0.1, 0.15) is 6.92 Å². The van der Waals surface area contributed by atoms with Gasteiger partial charge in [0.2, 0.25) is 11.1 Å². The summed E-state index contributed by atoms with van der Waals surface area (Å²) in [6.07, 6.45) is 0. The predicted octanol–water partition coefficient (Wildman–Crippen LogP) is 3.46. The maximum atomic E-state index is 12.7. The van der Waals surface area contributed by atoms with E-state index in [1.165, 1.54) is 16.4 Å². The Balaban J connectivity index is 1.74. The van der Waals surface area contributed by atoms with Crippen molar-refractivity contribution in [3.05, 3.63) is 59.6 Å². The highest BCUT2D eigenvalue weighted by Crippen LogP contribution is 2.27. The Bertz CT molecular complexity index is 898. The first-order valence-corrected chi connectivity index (χ1v) is 9.19. The summed E-state index contributed by atoms with van der Waals surface area (Å²) >= 11 is 7.17. The van der Waals surface area contributed by atoms with Gasteiger partial charge in [-0.25, -0.2) is 4.68 Å². The van der Waals surface area contributed by atoms with Gasteiger partial charge in [0, 0.05) is 23.3 Å². The standard InChI is InChI=1S/C18H18ClN5OS/c1-12(17(25)23(2)15-6-4-3-5-7-15)26-18-22-21-16(24(18)20)13-8-10-14(19)11-9-13/h3-12H,20H2,1-2H3. The Hall–Kier alpha value is -2.51. The van der Waals surface area contributed by atoms with E-state index in [0.717, 1.165) is 11.3 Å². The van der Waals surface area contributed by atoms with Crippen LogP contribution in [-0.2, 0) is 4.79 Å². The van der Waals surface area contributed by atoms with Gasteiger partial charge in [0.25, 0.3) is 0 Å². The number of hydrogen-bond donors (Lipinski definition) is 1. The van der Waals surface area contributed by atoms with Crippen LogP contribution < -0.4 is 10.7 Å². The lowest BCUT2D eigenvalue weighted by Gasteiger charge is -2.20. The van der Waals surface area contributed by atoms with Crippen LogP contribution in [0.25, 0.3) is 11.4 Å². The van der Waals surface area contributed by atoms with Crippen LogP contribution in [0.4, 0.5) is 5.69 Å². The maximum Gasteiger partial charge on any atom is 0.240 e. The fourth-order valence-electron chi connectivity index (χ4n) is 2.41. The van der Waals surface area contributed by atoms with Crippen LogP contribution in [-0.4, -0.2) is 33.1 Å². The summed E-state index contributed by atoms with van der Waals surface area (Å²) in [5.74, 6) is 6.59. The van der Waals surface area contributed by atoms with Gasteiger partial charge in [-0.3, -0.25) is 4.79 Å². The van der Waals surface area contributed by atoms with Crippen molar-refractivity contribution in [1.29, 1.82) is 0 Å². The van der Waals surface area contributed by atoms with Crippen LogP contribution >= 0.6 is 23.4 Å². The number of nitrogens with zero attached hydrogens (tertiary/aromatic N) is 4. The van der Waals surface area contributed by atoms with E-state index in [4.69, 9.17) is 17.4 Å². The van der Waals surface area contributed by atoms with Gasteiger partial charge in [-0.1, -0.05) is 41.6 Å². The molecule has 1 heterocycles. The molecule has 2 aromatic carbocycles. The number of thioether (sulfide) groups is 1. The van der Waals surface area contributed by atoms with Crippen LogP contribution in [0.3, 0.4) is 0 Å². The second-order valence-corrected chi connectivity index (χ2v) is 7.42. The molecule has 0 bridgehead atoms. The first kappa shape index (κ1) is 18.3. The number of anilines is 1. The van der Waals surface area contributed by atoms with Crippen LogP contribution in [0.2, 0.25) is 5.02 Å². The molecule has 0 aliphatic rings. The SMILES string of the molecule is CC(Sc1nnc(-c2ccc(Cl)cc2)n1N)C(=O)N(C)c1ccccc1. The van der Waals surface area contributed by atoms with E-state index < -0.39 is 0 Å². The number of benzene rings is 2. The molecule has 2 N–H and O–H groups in total. The highest BCUT2D eigenvalue weighted by molar-refractivity contribution is 8.00. The molecule has 8 heteroatoms. The van der Waals surface area contributed by atoms with Gasteiger partial charge in [-0.05, 0) is 43.3 Å². The van der Waals surface area contributed by atoms with Gasteiger partial charge >= 0.3 is 0 Å². The van der Waals surface area contributed by atoms with Crippen molar-refractivity contribution < 1.29 is 4.79 Å². The summed E-state index contributed by atoms with van der Waals surface area (Å²) in [6.45, 7) is 1.82. The topological polar surface area (TPSA) is 77.0 Å². The van der Waals surface area contributed by atoms with Crippen molar-refractivity contribution in [2.75, 3.05) is 17.8 Å². The quantitative estimate of drug-likeness (QED) is 0.536. The third kappa shape index (κ3) is 3.84. The number of amides is 1. The van der Waals surface area contributed by atoms with Crippen molar-refractivity contribution in [2.45, 2.75) is 17.3 Å². The molecule has 1 aromatic heterocycles. The Morgan fingerprint density at radius 3 is 2.46 bits per heavy atom. The number of halogens is 1. The zero-order valence-corrected chi connectivity index (χ0v) is 15.9. The molecule has 6 nitrogen and oxygen atoms in total. The first-order valence-electron chi connectivity index (χ1n) is 7.93. The Morgan fingerprint density at radius 2 is 1.81 bits per heavy atom. The second kappa shape index (κ2) is 7.80. The number of rotatable bonds is 5. The molecule has 0 aliphatic carbocycles. The number of aromatic nitrogens is 3. The van der Waals surface area contributed by atoms with Crippen molar-refractivity contribution in [2.24, 2.45) is 0 Å². The van der Waals surface area contributed by atoms with Gasteiger partial charge in [-0.15, -0.1) is 10.2 Å². The number of nitrogens with two attached hydrogens (primary N) is 1. The molecule has 1 atom stereocenters. The summed E-state index contributed by atoms with van der Waals surface area (Å²) in [4.78, 5) is 14.3. The fraction of sp³-hybridized carbons (Fsp3) is 0.167. The minimum absolute atomic E-state index is 0.0442. The van der Waals surface area contributed by atoms with Crippen molar-refractivity contribution in [3.8, 4) is 11.4 Å². The predicted molar refractivity (Wildman–Crippen MR) is 106 cm³/mol. The number of hydrogen-bond acceptors (Lipinski definition) is 5. The Labute approximate surface area is 160 Å². The van der Waals surface area contributed by atoms with Crippen molar-refractivity contribution in [1.82, 2.24) is 14.9 Å². The molecule has 134 valence electrons. The summed E-state index contributed by atoms with van der Waals surface area (Å²) in [6, 6.07) is 16.6. The fourth-order valence-corrected chi connectivity index (χ4v) is 3.40. The molecule has 0 saturated carbocycles. The van der Waals surface area contributed by atoms with E-state index >= 15 is 0 Å². The molecule has 0 spiro atoms. The van der Waals surface area contributed by atoms with Crippen molar-refractivity contribution in [3.63, 3.8) is 0 Å². The van der Waals surface area contributed by atoms with E-state index in [9.17, 15) is 4.79 Å². The number of nitrogen functional groups attached to an aromatic ring is 1. The molecule has 0 radical (unpaired) electrons. The van der Waals surface area contributed by atoms with Gasteiger partial charge in [-0.2, -0.15) is 0 Å². The largest absolute Gasteiger partial charge is 0.335 e. The highest BCUT2D eigenvalue weighted by Gasteiger charge is 2.23. The zero-order chi connectivity index (χ0) is 18.7. The second-order valence-electron chi connectivity index (χ2n) is 5.68. The Morgan fingerprint density at radius 1 is 1.15 bits per heavy atom. The molecular weight excluding hydrogens is 370 g/mol. The molecule has 0 fully saturated rings. The monoisotopic (exact) mass is 387 g/mol. The van der Waals surface area contributed by atoms with E-state index in [1.54, 1.807) is 24.1 Å². The molecule has 0 aliphatic heterocycles. The average molecular weight is 388 g/mol. The third-order valence-corrected chi connectivity index (χ3v) is 5.17. The lowest BCUT2D eigenvalue weighted by atomic mass is 10.2. The van der Waals surface area contributed by atoms with Crippen LogP contribution in [0, 0.1) is 0 Å². The van der Waals surface area contributed by atoms with E-state index in [-0.39, 0.29) is 11.2 Å². The lowest BCUT2D eigenvalue weighted by Crippen LogP contribution is -2.33. The van der Waals surface area contributed by atoms with Crippen molar-refractivity contribution >= 4 is 35.0 Å². The minimum Gasteiger partial charge on any atom is -0.335 e. The van der Waals surface area contributed by atoms with Gasteiger partial charge in [0.05, 0.1) is 5.25 Å². The molecule has 1 amide bonds. The normalized spacial score (nSPS) is 12.0. The maximum absolute atomic E-state index is 12.7. The first-order chi connectivity index (χ1) is 12.5. The van der Waals surface area contributed by atoms with E-state index in [2.05, 4.69) is 10.2 Å². The molecule has 0 saturated heterocycles. The summed E-state index contributed by atoms with van der Waals surface area (Å²) < 4.78 is 1.39. The summed E-state index contributed by atoms with van der Waals surface area (Å²) in [5, 5.41) is 8.98. The average Bonchev–Trinajstić information content (AvgIpc) is 3.02. The highest BCUT2D eigenvalue weighted by atomic mass is 35.5. The molecular formula is C18H18ClN5OS. The van der Waals surface area contributed by atoms with Crippen LogP contribution in [0.15, 0.2) is 59.8 Å². The molecule has 3 aromatic rings. The number of carbonyl (C=O) groups excluding carboxylic acids is 1. The van der Waals surface area contributed by atoms with Crippen LogP contribution in [0.5, 0.6) is 0 Å². The summed E-state index contributed by atoms with van der Waals surface area (Å²) in [5.41, 5.74) is 1.64. The van der Waals surface area contributed by atoms with E-state index in [1.807, 2.05) is 49.4 Å². The van der Waals surface area contributed by atoms with Gasteiger partial charge < -0.3 is 10.7 Å². The molecule has 26 heavy (non-hydrogen) atoms. The lowest BCUT2D eigenvalue weighted by molar-refractivity contribution is -0.117.